The summed E-state index contributed by atoms with van der Waals surface area (Å²) in [5.74, 6) is 0.627. The topological polar surface area (TPSA) is 65.5 Å². The van der Waals surface area contributed by atoms with E-state index in [1.165, 1.54) is 5.69 Å². The molecule has 1 aromatic rings. The molecule has 1 N–H and O–H groups in total. The molecule has 0 spiro atoms. The molecule has 3 heterocycles. The van der Waals surface area contributed by atoms with Crippen LogP contribution in [0.5, 0.6) is 0 Å². The summed E-state index contributed by atoms with van der Waals surface area (Å²) in [7, 11) is 0. The van der Waals surface area contributed by atoms with Crippen LogP contribution in [0.3, 0.4) is 0 Å². The van der Waals surface area contributed by atoms with E-state index >= 15 is 0 Å². The minimum Gasteiger partial charge on any atom is -0.368 e. The molecule has 0 aliphatic carbocycles. The van der Waals surface area contributed by atoms with Gasteiger partial charge in [-0.05, 0) is 32.4 Å². The van der Waals surface area contributed by atoms with Gasteiger partial charge in [-0.25, -0.2) is 0 Å². The molecule has 24 heavy (non-hydrogen) atoms. The van der Waals surface area contributed by atoms with Crippen molar-refractivity contribution < 1.29 is 9.59 Å². The van der Waals surface area contributed by atoms with Crippen LogP contribution in [0.4, 0.5) is 5.69 Å². The lowest BCUT2D eigenvalue weighted by Crippen LogP contribution is -2.60. The highest BCUT2D eigenvalue weighted by Gasteiger charge is 2.39. The smallest absolute Gasteiger partial charge is 0.246 e. The SMILES string of the molecule is Cc1cnccc1N1CCN(C(=O)[C@H]2CSC(C)(C)C(=O)N2)CC1. The third-order valence-corrected chi connectivity index (χ3v) is 6.09. The minimum absolute atomic E-state index is 0.0393. The van der Waals surface area contributed by atoms with Gasteiger partial charge in [0.2, 0.25) is 11.8 Å². The summed E-state index contributed by atoms with van der Waals surface area (Å²) in [5, 5.41) is 2.88. The Morgan fingerprint density at radius 1 is 1.33 bits per heavy atom. The molecule has 1 aromatic heterocycles. The van der Waals surface area contributed by atoms with E-state index in [-0.39, 0.29) is 11.8 Å². The molecule has 2 fully saturated rings. The summed E-state index contributed by atoms with van der Waals surface area (Å²) in [4.78, 5) is 33.1. The highest BCUT2D eigenvalue weighted by Crippen LogP contribution is 2.29. The molecule has 2 amide bonds. The van der Waals surface area contributed by atoms with Crippen molar-refractivity contribution in [1.29, 1.82) is 0 Å². The van der Waals surface area contributed by atoms with Crippen LogP contribution in [0.1, 0.15) is 19.4 Å². The van der Waals surface area contributed by atoms with Crippen LogP contribution in [0, 0.1) is 6.92 Å². The zero-order chi connectivity index (χ0) is 17.3. The lowest BCUT2D eigenvalue weighted by Gasteiger charge is -2.40. The van der Waals surface area contributed by atoms with Crippen molar-refractivity contribution in [3.05, 3.63) is 24.0 Å². The lowest BCUT2D eigenvalue weighted by atomic mass is 10.1. The predicted molar refractivity (Wildman–Crippen MR) is 96.2 cm³/mol. The van der Waals surface area contributed by atoms with Crippen LogP contribution in [0.2, 0.25) is 0 Å². The van der Waals surface area contributed by atoms with Gasteiger partial charge in [0.1, 0.15) is 6.04 Å². The van der Waals surface area contributed by atoms with E-state index in [0.29, 0.717) is 18.8 Å². The molecule has 1 atom stereocenters. The molecule has 2 aliphatic rings. The summed E-state index contributed by atoms with van der Waals surface area (Å²) >= 11 is 1.55. The number of pyridine rings is 1. The van der Waals surface area contributed by atoms with Crippen molar-refractivity contribution >= 4 is 29.3 Å². The van der Waals surface area contributed by atoms with Crippen molar-refractivity contribution in [3.63, 3.8) is 0 Å². The molecule has 130 valence electrons. The Balaban J connectivity index is 1.58. The van der Waals surface area contributed by atoms with Gasteiger partial charge in [0, 0.05) is 50.0 Å². The number of nitrogens with zero attached hydrogens (tertiary/aromatic N) is 3. The number of thioether (sulfide) groups is 1. The van der Waals surface area contributed by atoms with Crippen LogP contribution in [-0.4, -0.2) is 64.4 Å². The van der Waals surface area contributed by atoms with E-state index in [1.54, 1.807) is 18.0 Å². The monoisotopic (exact) mass is 348 g/mol. The third-order valence-electron chi connectivity index (χ3n) is 4.68. The number of carbonyl (C=O) groups is 2. The molecule has 0 radical (unpaired) electrons. The highest BCUT2D eigenvalue weighted by molar-refractivity contribution is 8.01. The van der Waals surface area contributed by atoms with Gasteiger partial charge in [0.25, 0.3) is 0 Å². The average Bonchev–Trinajstić information content (AvgIpc) is 2.57. The van der Waals surface area contributed by atoms with Gasteiger partial charge in [-0.15, -0.1) is 11.8 Å². The van der Waals surface area contributed by atoms with Gasteiger partial charge in [0.05, 0.1) is 4.75 Å². The predicted octanol–water partition coefficient (Wildman–Crippen LogP) is 1.05. The molecular formula is C17H24N4O2S. The maximum atomic E-state index is 12.7. The molecule has 0 saturated carbocycles. The summed E-state index contributed by atoms with van der Waals surface area (Å²) in [6.07, 6.45) is 3.67. The normalized spacial score (nSPS) is 23.8. The molecule has 2 aliphatic heterocycles. The third kappa shape index (κ3) is 3.36. The number of hydrogen-bond donors (Lipinski definition) is 1. The Labute approximate surface area is 147 Å². The summed E-state index contributed by atoms with van der Waals surface area (Å²) in [6.45, 7) is 8.80. The first-order valence-electron chi connectivity index (χ1n) is 8.28. The first kappa shape index (κ1) is 17.1. The Morgan fingerprint density at radius 2 is 2.04 bits per heavy atom. The number of aryl methyl sites for hydroxylation is 1. The maximum Gasteiger partial charge on any atom is 0.246 e. The number of nitrogens with one attached hydrogen (secondary N) is 1. The van der Waals surface area contributed by atoms with Crippen molar-refractivity contribution in [2.45, 2.75) is 31.6 Å². The average molecular weight is 348 g/mol. The van der Waals surface area contributed by atoms with Gasteiger partial charge in [0.15, 0.2) is 0 Å². The quantitative estimate of drug-likeness (QED) is 0.865. The van der Waals surface area contributed by atoms with E-state index in [1.807, 2.05) is 31.0 Å². The Bertz CT molecular complexity index is 641. The van der Waals surface area contributed by atoms with Gasteiger partial charge in [-0.3, -0.25) is 14.6 Å². The Morgan fingerprint density at radius 3 is 2.67 bits per heavy atom. The summed E-state index contributed by atoms with van der Waals surface area (Å²) < 4.78 is -0.450. The molecule has 3 rings (SSSR count). The fourth-order valence-corrected chi connectivity index (χ4v) is 4.07. The minimum atomic E-state index is -0.450. The van der Waals surface area contributed by atoms with Crippen molar-refractivity contribution in [2.75, 3.05) is 36.8 Å². The number of carbonyl (C=O) groups excluding carboxylic acids is 2. The number of hydrogen-bond acceptors (Lipinski definition) is 5. The Hall–Kier alpha value is -1.76. The molecule has 6 nitrogen and oxygen atoms in total. The van der Waals surface area contributed by atoms with Crippen LogP contribution < -0.4 is 10.2 Å². The molecule has 7 heteroatoms. The molecule has 0 aromatic carbocycles. The number of rotatable bonds is 2. The van der Waals surface area contributed by atoms with Crippen LogP contribution >= 0.6 is 11.8 Å². The van der Waals surface area contributed by atoms with Crippen LogP contribution in [0.15, 0.2) is 18.5 Å². The lowest BCUT2D eigenvalue weighted by molar-refractivity contribution is -0.136. The van der Waals surface area contributed by atoms with E-state index in [9.17, 15) is 9.59 Å². The van der Waals surface area contributed by atoms with Gasteiger partial charge in [-0.1, -0.05) is 0 Å². The molecule has 2 saturated heterocycles. The van der Waals surface area contributed by atoms with Gasteiger partial charge >= 0.3 is 0 Å². The number of piperazine rings is 1. The molecule has 0 unspecified atom stereocenters. The van der Waals surface area contributed by atoms with Crippen molar-refractivity contribution in [1.82, 2.24) is 15.2 Å². The fraction of sp³-hybridized carbons (Fsp3) is 0.588. The van der Waals surface area contributed by atoms with Crippen LogP contribution in [0.25, 0.3) is 0 Å². The standard InChI is InChI=1S/C17H24N4O2S/c1-12-10-18-5-4-14(12)20-6-8-21(9-7-20)15(22)13-11-24-17(2,3)16(23)19-13/h4-5,10,13H,6-9,11H2,1-3H3,(H,19,23)/t13-/m1/s1. The van der Waals surface area contributed by atoms with Gasteiger partial charge < -0.3 is 15.1 Å². The van der Waals surface area contributed by atoms with E-state index in [4.69, 9.17) is 0 Å². The second kappa shape index (κ2) is 6.63. The number of amides is 2. The zero-order valence-electron chi connectivity index (χ0n) is 14.4. The highest BCUT2D eigenvalue weighted by atomic mass is 32.2. The first-order chi connectivity index (χ1) is 11.4. The maximum absolute atomic E-state index is 12.7. The Kier molecular flexibility index (Phi) is 4.71. The molecule has 0 bridgehead atoms. The van der Waals surface area contributed by atoms with E-state index in [2.05, 4.69) is 22.1 Å². The van der Waals surface area contributed by atoms with E-state index in [0.717, 1.165) is 18.7 Å². The first-order valence-corrected chi connectivity index (χ1v) is 9.26. The van der Waals surface area contributed by atoms with Gasteiger partial charge in [-0.2, -0.15) is 0 Å². The summed E-state index contributed by atoms with van der Waals surface area (Å²) in [6, 6.07) is 1.62. The fourth-order valence-electron chi connectivity index (χ4n) is 3.07. The number of anilines is 1. The molecular weight excluding hydrogens is 324 g/mol. The van der Waals surface area contributed by atoms with Crippen molar-refractivity contribution in [2.24, 2.45) is 0 Å². The zero-order valence-corrected chi connectivity index (χ0v) is 15.2. The number of aromatic nitrogens is 1. The van der Waals surface area contributed by atoms with Crippen molar-refractivity contribution in [3.8, 4) is 0 Å². The second-order valence-corrected chi connectivity index (χ2v) is 8.46. The largest absolute Gasteiger partial charge is 0.368 e. The second-order valence-electron chi connectivity index (χ2n) is 6.82. The summed E-state index contributed by atoms with van der Waals surface area (Å²) in [5.41, 5.74) is 2.33. The van der Waals surface area contributed by atoms with E-state index < -0.39 is 10.8 Å². The van der Waals surface area contributed by atoms with Crippen LogP contribution in [-0.2, 0) is 9.59 Å².